The Bertz CT molecular complexity index is 1120. The largest absolute Gasteiger partial charge is 0.469 e. The number of ether oxygens (including phenoxy) is 1. The summed E-state index contributed by atoms with van der Waals surface area (Å²) in [6.07, 6.45) is -0.0471. The number of piperazine rings is 1. The lowest BCUT2D eigenvalue weighted by Gasteiger charge is -2.30. The van der Waals surface area contributed by atoms with Crippen molar-refractivity contribution >= 4 is 33.2 Å². The molecule has 1 aliphatic heterocycles. The summed E-state index contributed by atoms with van der Waals surface area (Å²) in [6, 6.07) is 7.70. The molecule has 0 aliphatic carbocycles. The van der Waals surface area contributed by atoms with Crippen molar-refractivity contribution in [1.29, 1.82) is 0 Å². The van der Waals surface area contributed by atoms with E-state index in [-0.39, 0.29) is 12.0 Å². The molecule has 0 radical (unpaired) electrons. The van der Waals surface area contributed by atoms with Crippen molar-refractivity contribution in [2.45, 2.75) is 13.3 Å². The van der Waals surface area contributed by atoms with E-state index in [0.717, 1.165) is 36.4 Å². The van der Waals surface area contributed by atoms with Crippen LogP contribution in [-0.4, -0.2) is 76.7 Å². The first kappa shape index (κ1) is 20.3. The number of rotatable bonds is 5. The molecule has 30 heavy (non-hydrogen) atoms. The number of carbonyl (C=O) groups excluding carboxylic acids is 1. The zero-order valence-corrected chi connectivity index (χ0v) is 18.0. The number of esters is 1. The number of methoxy groups -OCH3 is 1. The van der Waals surface area contributed by atoms with E-state index in [4.69, 9.17) is 4.74 Å². The van der Waals surface area contributed by atoms with Crippen LogP contribution in [-0.2, 0) is 16.0 Å². The van der Waals surface area contributed by atoms with E-state index in [1.807, 2.05) is 29.3 Å². The number of carbonyl (C=O) groups is 1. The van der Waals surface area contributed by atoms with Crippen LogP contribution in [0.15, 0.2) is 34.2 Å². The van der Waals surface area contributed by atoms with Gasteiger partial charge in [0.05, 0.1) is 40.7 Å². The Morgan fingerprint density at radius 3 is 2.70 bits per heavy atom. The van der Waals surface area contributed by atoms with Gasteiger partial charge in [-0.15, -0.1) is 0 Å². The number of nitrogens with one attached hydrogen (secondary N) is 1. The number of hydrogen-bond acceptors (Lipinski definition) is 8. The second-order valence-electron chi connectivity index (χ2n) is 7.27. The van der Waals surface area contributed by atoms with Crippen LogP contribution in [0.1, 0.15) is 18.2 Å². The van der Waals surface area contributed by atoms with Gasteiger partial charge in [-0.1, -0.05) is 23.5 Å². The van der Waals surface area contributed by atoms with Crippen LogP contribution in [0.3, 0.4) is 0 Å². The second-order valence-corrected chi connectivity index (χ2v) is 8.27. The maximum Gasteiger partial charge on any atom is 0.311 e. The Balaban J connectivity index is 1.76. The number of para-hydroxylation sites is 1. The number of thiazole rings is 1. The highest BCUT2D eigenvalue weighted by Gasteiger charge is 2.23. The van der Waals surface area contributed by atoms with Gasteiger partial charge in [-0.25, -0.2) is 4.98 Å². The molecule has 10 heteroatoms. The van der Waals surface area contributed by atoms with Gasteiger partial charge in [-0.05, 0) is 26.1 Å². The molecule has 2 aromatic heterocycles. The van der Waals surface area contributed by atoms with Gasteiger partial charge in [0, 0.05) is 26.2 Å². The molecule has 158 valence electrons. The van der Waals surface area contributed by atoms with Crippen molar-refractivity contribution in [3.05, 3.63) is 45.9 Å². The highest BCUT2D eigenvalue weighted by molar-refractivity contribution is 7.20. The van der Waals surface area contributed by atoms with Crippen molar-refractivity contribution in [3.63, 3.8) is 0 Å². The molecular weight excluding hydrogens is 404 g/mol. The lowest BCUT2D eigenvalue weighted by atomic mass is 10.1. The Hall–Kier alpha value is -2.98. The predicted octanol–water partition coefficient (Wildman–Crippen LogP) is 1.46. The number of likely N-dealkylation sites (N-methyl/N-ethyl adjacent to an activating group) is 1. The molecule has 0 saturated carbocycles. The lowest BCUT2D eigenvalue weighted by molar-refractivity contribution is -0.139. The zero-order chi connectivity index (χ0) is 21.3. The first-order valence-electron chi connectivity index (χ1n) is 9.72. The van der Waals surface area contributed by atoms with Crippen molar-refractivity contribution in [3.8, 4) is 5.13 Å². The highest BCUT2D eigenvalue weighted by atomic mass is 32.1. The van der Waals surface area contributed by atoms with Gasteiger partial charge < -0.3 is 9.64 Å². The zero-order valence-electron chi connectivity index (χ0n) is 17.2. The molecular formula is C20H24N6O3S. The van der Waals surface area contributed by atoms with Crippen LogP contribution < -0.4 is 5.56 Å². The molecule has 0 bridgehead atoms. The van der Waals surface area contributed by atoms with Gasteiger partial charge in [0.1, 0.15) is 0 Å². The minimum Gasteiger partial charge on any atom is -0.469 e. The van der Waals surface area contributed by atoms with E-state index < -0.39 is 5.97 Å². The van der Waals surface area contributed by atoms with E-state index in [1.54, 1.807) is 6.92 Å². The van der Waals surface area contributed by atoms with Crippen LogP contribution in [0.25, 0.3) is 15.3 Å². The van der Waals surface area contributed by atoms with Gasteiger partial charge >= 0.3 is 5.97 Å². The summed E-state index contributed by atoms with van der Waals surface area (Å²) in [6.45, 7) is 5.20. The number of aromatic amines is 1. The van der Waals surface area contributed by atoms with E-state index in [1.165, 1.54) is 23.1 Å². The number of hydrogen-bond donors (Lipinski definition) is 1. The SMILES string of the molecule is COC(=O)Cc1[nH]n(-c2nc3ccccc3s2)c(=O)c1C(C)=NN1CCN(C)CC1. The quantitative estimate of drug-likeness (QED) is 0.488. The maximum atomic E-state index is 13.3. The van der Waals surface area contributed by atoms with E-state index in [9.17, 15) is 9.59 Å². The third kappa shape index (κ3) is 4.01. The Morgan fingerprint density at radius 1 is 1.27 bits per heavy atom. The summed E-state index contributed by atoms with van der Waals surface area (Å²) in [5.74, 6) is -0.429. The van der Waals surface area contributed by atoms with Gasteiger partial charge in [0.15, 0.2) is 0 Å². The average Bonchev–Trinajstić information content (AvgIpc) is 3.30. The topological polar surface area (TPSA) is 95.8 Å². The molecule has 0 unspecified atom stereocenters. The Morgan fingerprint density at radius 2 is 2.00 bits per heavy atom. The van der Waals surface area contributed by atoms with E-state index in [0.29, 0.717) is 22.1 Å². The van der Waals surface area contributed by atoms with Gasteiger partial charge in [-0.2, -0.15) is 9.78 Å². The fourth-order valence-electron chi connectivity index (χ4n) is 3.45. The molecule has 9 nitrogen and oxygen atoms in total. The molecule has 3 aromatic rings. The summed E-state index contributed by atoms with van der Waals surface area (Å²) < 4.78 is 7.18. The summed E-state index contributed by atoms with van der Waals surface area (Å²) in [4.78, 5) is 32.1. The molecule has 0 atom stereocenters. The molecule has 1 aromatic carbocycles. The first-order valence-corrected chi connectivity index (χ1v) is 10.5. The number of H-pyrrole nitrogens is 1. The summed E-state index contributed by atoms with van der Waals surface area (Å²) >= 11 is 1.41. The Labute approximate surface area is 177 Å². The van der Waals surface area contributed by atoms with Crippen molar-refractivity contribution in [1.82, 2.24) is 24.7 Å². The van der Waals surface area contributed by atoms with Crippen molar-refractivity contribution in [2.24, 2.45) is 5.10 Å². The summed E-state index contributed by atoms with van der Waals surface area (Å²) in [5, 5.41) is 10.2. The number of hydrazone groups is 1. The molecule has 1 saturated heterocycles. The first-order chi connectivity index (χ1) is 14.5. The predicted molar refractivity (Wildman–Crippen MR) is 117 cm³/mol. The van der Waals surface area contributed by atoms with E-state index >= 15 is 0 Å². The second kappa shape index (κ2) is 8.41. The molecule has 1 aliphatic rings. The highest BCUT2D eigenvalue weighted by Crippen LogP contribution is 2.24. The van der Waals surface area contributed by atoms with Crippen LogP contribution in [0.4, 0.5) is 0 Å². The number of aromatic nitrogens is 3. The van der Waals surface area contributed by atoms with Gasteiger partial charge in [0.2, 0.25) is 5.13 Å². The molecule has 1 fully saturated rings. The molecule has 0 amide bonds. The van der Waals surface area contributed by atoms with Crippen LogP contribution in [0, 0.1) is 0 Å². The third-order valence-corrected chi connectivity index (χ3v) is 6.14. The van der Waals surface area contributed by atoms with Crippen LogP contribution in [0.2, 0.25) is 0 Å². The number of fused-ring (bicyclic) bond motifs is 1. The summed E-state index contributed by atoms with van der Waals surface area (Å²) in [5.41, 5.74) is 1.97. The molecule has 3 heterocycles. The van der Waals surface area contributed by atoms with Gasteiger partial charge in [-0.3, -0.25) is 19.7 Å². The van der Waals surface area contributed by atoms with Gasteiger partial charge in [0.25, 0.3) is 5.56 Å². The minimum atomic E-state index is -0.429. The molecule has 4 rings (SSSR count). The molecule has 0 spiro atoms. The van der Waals surface area contributed by atoms with E-state index in [2.05, 4.69) is 27.1 Å². The third-order valence-electron chi connectivity index (χ3n) is 5.12. The van der Waals surface area contributed by atoms with Crippen molar-refractivity contribution < 1.29 is 9.53 Å². The smallest absolute Gasteiger partial charge is 0.311 e. The average molecular weight is 429 g/mol. The maximum absolute atomic E-state index is 13.3. The monoisotopic (exact) mass is 428 g/mol. The summed E-state index contributed by atoms with van der Waals surface area (Å²) in [7, 11) is 3.40. The fraction of sp³-hybridized carbons (Fsp3) is 0.400. The minimum absolute atomic E-state index is 0.0471. The standard InChI is InChI=1S/C20H24N6O3S/c1-13(22-25-10-8-24(2)9-11-25)18-15(12-17(27)29-3)23-26(19(18)28)20-21-14-6-4-5-7-16(14)30-20/h4-7,23H,8-12H2,1-3H3. The normalized spacial score (nSPS) is 15.7. The van der Waals surface area contributed by atoms with Crippen LogP contribution >= 0.6 is 11.3 Å². The van der Waals surface area contributed by atoms with Crippen LogP contribution in [0.5, 0.6) is 0 Å². The molecule has 1 N–H and O–H groups in total. The Kier molecular flexibility index (Phi) is 5.69. The fourth-order valence-corrected chi connectivity index (χ4v) is 4.37. The number of benzene rings is 1. The number of nitrogens with zero attached hydrogens (tertiary/aromatic N) is 5. The van der Waals surface area contributed by atoms with Crippen molar-refractivity contribution in [2.75, 3.05) is 40.3 Å². The lowest BCUT2D eigenvalue weighted by Crippen LogP contribution is -2.42.